The lowest BCUT2D eigenvalue weighted by Gasteiger charge is -2.11. The maximum absolute atomic E-state index is 9.38. The van der Waals surface area contributed by atoms with Gasteiger partial charge in [0, 0.05) is 0 Å². The molecule has 0 aliphatic carbocycles. The molecule has 0 fully saturated rings. The lowest BCUT2D eigenvalue weighted by Crippen LogP contribution is -2.11. The van der Waals surface area contributed by atoms with E-state index in [4.69, 9.17) is 4.74 Å². The molecule has 0 heterocycles. The van der Waals surface area contributed by atoms with Crippen molar-refractivity contribution in [1.82, 2.24) is 0 Å². The summed E-state index contributed by atoms with van der Waals surface area (Å²) in [6.07, 6.45) is 1.01. The first-order valence-corrected chi connectivity index (χ1v) is 5.08. The number of hydrogen-bond acceptors (Lipinski definition) is 2. The van der Waals surface area contributed by atoms with E-state index in [9.17, 15) is 5.11 Å². The Balaban J connectivity index is 2.41. The summed E-state index contributed by atoms with van der Waals surface area (Å²) in [6.45, 7) is 4.57. The first-order chi connectivity index (χ1) is 6.74. The monoisotopic (exact) mass is 194 g/mol. The van der Waals surface area contributed by atoms with Gasteiger partial charge in [0.25, 0.3) is 0 Å². The molecule has 0 aliphatic heterocycles. The number of aliphatic hydroxyl groups excluding tert-OH is 1. The second-order valence-corrected chi connectivity index (χ2v) is 3.48. The molecule has 14 heavy (non-hydrogen) atoms. The zero-order chi connectivity index (χ0) is 10.4. The van der Waals surface area contributed by atoms with Crippen LogP contribution in [0.25, 0.3) is 0 Å². The van der Waals surface area contributed by atoms with Gasteiger partial charge in [0.2, 0.25) is 0 Å². The molecule has 0 aromatic heterocycles. The van der Waals surface area contributed by atoms with Crippen LogP contribution in [0.5, 0.6) is 0 Å². The SMILES string of the molecule is CCCC(O)OCc1ccccc1C. The van der Waals surface area contributed by atoms with E-state index in [1.54, 1.807) is 0 Å². The van der Waals surface area contributed by atoms with E-state index in [2.05, 4.69) is 0 Å². The molecule has 2 heteroatoms. The van der Waals surface area contributed by atoms with Crippen molar-refractivity contribution in [2.24, 2.45) is 0 Å². The van der Waals surface area contributed by atoms with Crippen LogP contribution in [0.4, 0.5) is 0 Å². The highest BCUT2D eigenvalue weighted by Crippen LogP contribution is 2.10. The Labute approximate surface area is 85.5 Å². The third kappa shape index (κ3) is 3.48. The van der Waals surface area contributed by atoms with Crippen molar-refractivity contribution in [2.45, 2.75) is 39.6 Å². The zero-order valence-electron chi connectivity index (χ0n) is 8.86. The number of aryl methyl sites for hydroxylation is 1. The Morgan fingerprint density at radius 1 is 1.36 bits per heavy atom. The fourth-order valence-electron chi connectivity index (χ4n) is 1.29. The molecule has 1 aromatic carbocycles. The first-order valence-electron chi connectivity index (χ1n) is 5.08. The first kappa shape index (κ1) is 11.2. The smallest absolute Gasteiger partial charge is 0.154 e. The standard InChI is InChI=1S/C12H18O2/c1-3-6-12(13)14-9-11-8-5-4-7-10(11)2/h4-5,7-8,12-13H,3,6,9H2,1-2H3. The third-order valence-corrected chi connectivity index (χ3v) is 2.23. The predicted octanol–water partition coefficient (Wildman–Crippen LogP) is 2.63. The average molecular weight is 194 g/mol. The second kappa shape index (κ2) is 5.78. The summed E-state index contributed by atoms with van der Waals surface area (Å²) in [4.78, 5) is 0. The summed E-state index contributed by atoms with van der Waals surface area (Å²) in [7, 11) is 0. The van der Waals surface area contributed by atoms with Crippen LogP contribution in [0.1, 0.15) is 30.9 Å². The summed E-state index contributed by atoms with van der Waals surface area (Å²) in [5.74, 6) is 0. The minimum atomic E-state index is -0.625. The maximum Gasteiger partial charge on any atom is 0.154 e. The predicted molar refractivity (Wildman–Crippen MR) is 56.9 cm³/mol. The molecule has 78 valence electrons. The summed E-state index contributed by atoms with van der Waals surface area (Å²) < 4.78 is 5.30. The van der Waals surface area contributed by atoms with Gasteiger partial charge in [-0.1, -0.05) is 37.6 Å². The molecule has 0 saturated heterocycles. The van der Waals surface area contributed by atoms with E-state index in [0.29, 0.717) is 13.0 Å². The van der Waals surface area contributed by atoms with Crippen molar-refractivity contribution in [1.29, 1.82) is 0 Å². The van der Waals surface area contributed by atoms with E-state index < -0.39 is 6.29 Å². The summed E-state index contributed by atoms with van der Waals surface area (Å²) in [6, 6.07) is 8.05. The van der Waals surface area contributed by atoms with Crippen LogP contribution in [0.3, 0.4) is 0 Å². The quantitative estimate of drug-likeness (QED) is 0.730. The van der Waals surface area contributed by atoms with Gasteiger partial charge in [0.15, 0.2) is 6.29 Å². The summed E-state index contributed by atoms with van der Waals surface area (Å²) in [5.41, 5.74) is 2.35. The van der Waals surface area contributed by atoms with Gasteiger partial charge >= 0.3 is 0 Å². The molecule has 0 radical (unpaired) electrons. The van der Waals surface area contributed by atoms with Crippen molar-refractivity contribution < 1.29 is 9.84 Å². The Morgan fingerprint density at radius 3 is 2.71 bits per heavy atom. The average Bonchev–Trinajstić information content (AvgIpc) is 2.17. The molecule has 1 atom stereocenters. The van der Waals surface area contributed by atoms with Crippen LogP contribution in [0, 0.1) is 6.92 Å². The topological polar surface area (TPSA) is 29.5 Å². The van der Waals surface area contributed by atoms with Gasteiger partial charge in [-0.05, 0) is 24.5 Å². The molecule has 0 bridgehead atoms. The molecule has 0 saturated carbocycles. The van der Waals surface area contributed by atoms with E-state index in [-0.39, 0.29) is 0 Å². The Kier molecular flexibility index (Phi) is 4.63. The fraction of sp³-hybridized carbons (Fsp3) is 0.500. The second-order valence-electron chi connectivity index (χ2n) is 3.48. The maximum atomic E-state index is 9.38. The molecule has 0 amide bonds. The molecule has 0 aliphatic rings. The van der Waals surface area contributed by atoms with Gasteiger partial charge in [-0.3, -0.25) is 0 Å². The minimum absolute atomic E-state index is 0.494. The lowest BCUT2D eigenvalue weighted by molar-refractivity contribution is -0.112. The van der Waals surface area contributed by atoms with Gasteiger partial charge < -0.3 is 9.84 Å². The number of ether oxygens (including phenoxy) is 1. The van der Waals surface area contributed by atoms with Crippen LogP contribution >= 0.6 is 0 Å². The zero-order valence-corrected chi connectivity index (χ0v) is 8.86. The van der Waals surface area contributed by atoms with Crippen molar-refractivity contribution in [3.63, 3.8) is 0 Å². The largest absolute Gasteiger partial charge is 0.368 e. The number of benzene rings is 1. The van der Waals surface area contributed by atoms with E-state index in [1.807, 2.05) is 38.1 Å². The number of hydrogen-bond donors (Lipinski definition) is 1. The van der Waals surface area contributed by atoms with Crippen molar-refractivity contribution in [3.8, 4) is 0 Å². The minimum Gasteiger partial charge on any atom is -0.368 e. The number of rotatable bonds is 5. The van der Waals surface area contributed by atoms with Gasteiger partial charge in [-0.2, -0.15) is 0 Å². The van der Waals surface area contributed by atoms with Crippen LogP contribution in [0.2, 0.25) is 0 Å². The highest BCUT2D eigenvalue weighted by Gasteiger charge is 2.03. The Morgan fingerprint density at radius 2 is 2.07 bits per heavy atom. The highest BCUT2D eigenvalue weighted by molar-refractivity contribution is 5.24. The molecule has 1 aromatic rings. The summed E-state index contributed by atoms with van der Waals surface area (Å²) in [5, 5.41) is 9.38. The highest BCUT2D eigenvalue weighted by atomic mass is 16.6. The molecular weight excluding hydrogens is 176 g/mol. The van der Waals surface area contributed by atoms with E-state index in [0.717, 1.165) is 12.0 Å². The van der Waals surface area contributed by atoms with Crippen LogP contribution in [-0.2, 0) is 11.3 Å². The molecule has 1 rings (SSSR count). The normalized spacial score (nSPS) is 12.8. The van der Waals surface area contributed by atoms with Gasteiger partial charge in [0.1, 0.15) is 0 Å². The van der Waals surface area contributed by atoms with Crippen LogP contribution in [0.15, 0.2) is 24.3 Å². The van der Waals surface area contributed by atoms with Gasteiger partial charge in [0.05, 0.1) is 6.61 Å². The van der Waals surface area contributed by atoms with Gasteiger partial charge in [-0.25, -0.2) is 0 Å². The molecule has 0 spiro atoms. The fourth-order valence-corrected chi connectivity index (χ4v) is 1.29. The number of aliphatic hydroxyl groups is 1. The molecule has 1 N–H and O–H groups in total. The Hall–Kier alpha value is -0.860. The Bertz CT molecular complexity index is 271. The lowest BCUT2D eigenvalue weighted by atomic mass is 10.1. The molecule has 1 unspecified atom stereocenters. The van der Waals surface area contributed by atoms with Crippen LogP contribution < -0.4 is 0 Å². The third-order valence-electron chi connectivity index (χ3n) is 2.23. The van der Waals surface area contributed by atoms with Crippen molar-refractivity contribution in [3.05, 3.63) is 35.4 Å². The van der Waals surface area contributed by atoms with Crippen molar-refractivity contribution in [2.75, 3.05) is 0 Å². The van der Waals surface area contributed by atoms with Crippen molar-refractivity contribution >= 4 is 0 Å². The molecule has 2 nitrogen and oxygen atoms in total. The summed E-state index contributed by atoms with van der Waals surface area (Å²) >= 11 is 0. The van der Waals surface area contributed by atoms with E-state index >= 15 is 0 Å². The van der Waals surface area contributed by atoms with Crippen LogP contribution in [-0.4, -0.2) is 11.4 Å². The van der Waals surface area contributed by atoms with E-state index in [1.165, 1.54) is 5.56 Å². The molecular formula is C12H18O2. The van der Waals surface area contributed by atoms with Gasteiger partial charge in [-0.15, -0.1) is 0 Å².